The fourth-order valence-corrected chi connectivity index (χ4v) is 3.68. The molecular weight excluding hydrogens is 210 g/mol. The van der Waals surface area contributed by atoms with Crippen LogP contribution in [0.1, 0.15) is 71.1 Å². The molecule has 100 valence electrons. The maximum atomic E-state index is 6.55. The summed E-state index contributed by atoms with van der Waals surface area (Å²) in [6, 6.07) is 0. The molecule has 2 rings (SSSR count). The van der Waals surface area contributed by atoms with Gasteiger partial charge in [-0.2, -0.15) is 0 Å². The molecule has 0 aromatic rings. The van der Waals surface area contributed by atoms with E-state index >= 15 is 0 Å². The van der Waals surface area contributed by atoms with Crippen LogP contribution >= 0.6 is 0 Å². The number of nitrogens with two attached hydrogens (primary N) is 1. The molecule has 0 spiro atoms. The predicted molar refractivity (Wildman–Crippen MR) is 72.0 cm³/mol. The van der Waals surface area contributed by atoms with E-state index < -0.39 is 0 Å². The molecule has 0 saturated heterocycles. The number of hydrogen-bond donors (Lipinski definition) is 1. The van der Waals surface area contributed by atoms with Crippen LogP contribution in [0.15, 0.2) is 0 Å². The normalized spacial score (nSPS) is 33.5. The molecule has 2 heteroatoms. The van der Waals surface area contributed by atoms with Gasteiger partial charge in [0.1, 0.15) is 0 Å². The van der Waals surface area contributed by atoms with Crippen molar-refractivity contribution in [3.05, 3.63) is 0 Å². The Morgan fingerprint density at radius 1 is 1.06 bits per heavy atom. The van der Waals surface area contributed by atoms with Gasteiger partial charge >= 0.3 is 0 Å². The van der Waals surface area contributed by atoms with Gasteiger partial charge in [0.05, 0.1) is 11.7 Å². The zero-order valence-electron chi connectivity index (χ0n) is 11.4. The van der Waals surface area contributed by atoms with Crippen LogP contribution in [0.2, 0.25) is 0 Å². The summed E-state index contributed by atoms with van der Waals surface area (Å²) in [5.41, 5.74) is 6.05. The van der Waals surface area contributed by atoms with Crippen molar-refractivity contribution in [3.8, 4) is 0 Å². The van der Waals surface area contributed by atoms with Crippen molar-refractivity contribution in [2.24, 2.45) is 11.7 Å². The predicted octanol–water partition coefficient (Wildman–Crippen LogP) is 3.63. The minimum absolute atomic E-state index is 0.0354. The fourth-order valence-electron chi connectivity index (χ4n) is 3.68. The smallest absolute Gasteiger partial charge is 0.0808 e. The number of hydrogen-bond acceptors (Lipinski definition) is 2. The quantitative estimate of drug-likeness (QED) is 0.813. The molecule has 2 nitrogen and oxygen atoms in total. The van der Waals surface area contributed by atoms with Crippen molar-refractivity contribution in [3.63, 3.8) is 0 Å². The van der Waals surface area contributed by atoms with E-state index in [2.05, 4.69) is 6.92 Å². The van der Waals surface area contributed by atoms with E-state index in [-0.39, 0.29) is 5.60 Å². The Morgan fingerprint density at radius 3 is 2.41 bits per heavy atom. The topological polar surface area (TPSA) is 35.2 Å². The molecule has 2 atom stereocenters. The van der Waals surface area contributed by atoms with Crippen LogP contribution in [0.3, 0.4) is 0 Å². The summed E-state index contributed by atoms with van der Waals surface area (Å²) in [7, 11) is 0. The van der Waals surface area contributed by atoms with E-state index in [4.69, 9.17) is 10.5 Å². The van der Waals surface area contributed by atoms with E-state index in [1.54, 1.807) is 0 Å². The van der Waals surface area contributed by atoms with E-state index in [1.807, 2.05) is 0 Å². The Morgan fingerprint density at radius 2 is 1.76 bits per heavy atom. The molecule has 0 radical (unpaired) electrons. The Labute approximate surface area is 106 Å². The van der Waals surface area contributed by atoms with E-state index in [1.165, 1.54) is 64.2 Å². The minimum atomic E-state index is 0.0354. The summed E-state index contributed by atoms with van der Waals surface area (Å²) < 4.78 is 6.55. The average molecular weight is 239 g/mol. The van der Waals surface area contributed by atoms with E-state index in [0.717, 1.165) is 12.5 Å². The van der Waals surface area contributed by atoms with E-state index in [0.29, 0.717) is 6.10 Å². The van der Waals surface area contributed by atoms with Gasteiger partial charge < -0.3 is 10.5 Å². The second-order valence-electron chi connectivity index (χ2n) is 6.06. The molecule has 0 aromatic carbocycles. The van der Waals surface area contributed by atoms with Crippen molar-refractivity contribution < 1.29 is 4.74 Å². The first-order valence-corrected chi connectivity index (χ1v) is 7.67. The molecule has 0 amide bonds. The zero-order valence-corrected chi connectivity index (χ0v) is 11.4. The van der Waals surface area contributed by atoms with Crippen LogP contribution in [-0.4, -0.2) is 18.2 Å². The molecule has 17 heavy (non-hydrogen) atoms. The highest BCUT2D eigenvalue weighted by molar-refractivity contribution is 4.88. The van der Waals surface area contributed by atoms with Gasteiger partial charge in [0.15, 0.2) is 0 Å². The summed E-state index contributed by atoms with van der Waals surface area (Å²) in [6.07, 6.45) is 13.5. The van der Waals surface area contributed by atoms with Gasteiger partial charge in [0.25, 0.3) is 0 Å². The molecule has 2 fully saturated rings. The second-order valence-corrected chi connectivity index (χ2v) is 6.06. The van der Waals surface area contributed by atoms with E-state index in [9.17, 15) is 0 Å². The SMILES string of the molecule is CCC1CCCCC1OC1(CN)CCCCC1. The molecule has 2 N–H and O–H groups in total. The Bertz CT molecular complexity index is 223. The lowest BCUT2D eigenvalue weighted by Gasteiger charge is -2.43. The summed E-state index contributed by atoms with van der Waals surface area (Å²) >= 11 is 0. The van der Waals surface area contributed by atoms with Crippen molar-refractivity contribution in [1.29, 1.82) is 0 Å². The maximum Gasteiger partial charge on any atom is 0.0808 e. The molecule has 2 aliphatic carbocycles. The molecule has 2 unspecified atom stereocenters. The third-order valence-electron chi connectivity index (χ3n) is 4.90. The third kappa shape index (κ3) is 3.23. The fraction of sp³-hybridized carbons (Fsp3) is 1.00. The number of rotatable bonds is 4. The summed E-state index contributed by atoms with van der Waals surface area (Å²) in [5, 5.41) is 0. The van der Waals surface area contributed by atoms with Gasteiger partial charge in [-0.3, -0.25) is 0 Å². The standard InChI is InChI=1S/C15H29NO/c1-2-13-8-4-5-9-14(13)17-15(12-16)10-6-3-7-11-15/h13-14H,2-12,16H2,1H3. The summed E-state index contributed by atoms with van der Waals surface area (Å²) in [4.78, 5) is 0. The largest absolute Gasteiger partial charge is 0.370 e. The highest BCUT2D eigenvalue weighted by Gasteiger charge is 2.36. The summed E-state index contributed by atoms with van der Waals surface area (Å²) in [5.74, 6) is 0.786. The summed E-state index contributed by atoms with van der Waals surface area (Å²) in [6.45, 7) is 3.03. The molecule has 0 aromatic heterocycles. The van der Waals surface area contributed by atoms with Gasteiger partial charge in [-0.05, 0) is 31.6 Å². The molecule has 2 saturated carbocycles. The second kappa shape index (κ2) is 6.19. The Kier molecular flexibility index (Phi) is 4.87. The monoisotopic (exact) mass is 239 g/mol. The van der Waals surface area contributed by atoms with Crippen LogP contribution < -0.4 is 5.73 Å². The lowest BCUT2D eigenvalue weighted by atomic mass is 9.81. The maximum absolute atomic E-state index is 6.55. The van der Waals surface area contributed by atoms with Crippen LogP contribution in [0.25, 0.3) is 0 Å². The first kappa shape index (κ1) is 13.4. The van der Waals surface area contributed by atoms with Crippen molar-refractivity contribution >= 4 is 0 Å². The van der Waals surface area contributed by atoms with Gasteiger partial charge in [0, 0.05) is 6.54 Å². The highest BCUT2D eigenvalue weighted by atomic mass is 16.5. The first-order valence-electron chi connectivity index (χ1n) is 7.67. The van der Waals surface area contributed by atoms with Gasteiger partial charge in [-0.15, -0.1) is 0 Å². The average Bonchev–Trinajstić information content (AvgIpc) is 2.40. The third-order valence-corrected chi connectivity index (χ3v) is 4.90. The van der Waals surface area contributed by atoms with Gasteiger partial charge in [-0.1, -0.05) is 45.4 Å². The molecule has 0 bridgehead atoms. The van der Waals surface area contributed by atoms with Crippen LogP contribution in [-0.2, 0) is 4.74 Å². The first-order chi connectivity index (χ1) is 8.29. The van der Waals surface area contributed by atoms with Crippen molar-refractivity contribution in [2.45, 2.75) is 82.8 Å². The Balaban J connectivity index is 1.96. The minimum Gasteiger partial charge on any atom is -0.370 e. The molecular formula is C15H29NO. The van der Waals surface area contributed by atoms with Gasteiger partial charge in [-0.25, -0.2) is 0 Å². The zero-order chi connectivity index (χ0) is 12.1. The number of ether oxygens (including phenoxy) is 1. The van der Waals surface area contributed by atoms with Crippen LogP contribution in [0, 0.1) is 5.92 Å². The highest BCUT2D eigenvalue weighted by Crippen LogP contribution is 2.37. The molecule has 2 aliphatic rings. The van der Waals surface area contributed by atoms with Gasteiger partial charge in [0.2, 0.25) is 0 Å². The lowest BCUT2D eigenvalue weighted by molar-refractivity contribution is -0.137. The molecule has 0 heterocycles. The molecule has 0 aliphatic heterocycles. The van der Waals surface area contributed by atoms with Crippen LogP contribution in [0.5, 0.6) is 0 Å². The van der Waals surface area contributed by atoms with Crippen molar-refractivity contribution in [2.75, 3.05) is 6.54 Å². The Hall–Kier alpha value is -0.0800. The van der Waals surface area contributed by atoms with Crippen LogP contribution in [0.4, 0.5) is 0 Å². The van der Waals surface area contributed by atoms with Crippen molar-refractivity contribution in [1.82, 2.24) is 0 Å². The lowest BCUT2D eigenvalue weighted by Crippen LogP contribution is -2.47.